The number of nitrogens with one attached hydrogen (secondary N) is 1. The first kappa shape index (κ1) is 13.4. The topological polar surface area (TPSA) is 109 Å². The summed E-state index contributed by atoms with van der Waals surface area (Å²) in [6.45, 7) is 0.0411. The third-order valence-corrected chi connectivity index (χ3v) is 4.33. The second kappa shape index (κ2) is 4.74. The molecule has 3 rings (SSSR count). The van der Waals surface area contributed by atoms with E-state index in [4.69, 9.17) is 9.52 Å². The molecule has 1 aliphatic rings. The summed E-state index contributed by atoms with van der Waals surface area (Å²) >= 11 is 0. The van der Waals surface area contributed by atoms with Crippen LogP contribution in [-0.4, -0.2) is 25.3 Å². The number of carboxylic acids is 1. The predicted molar refractivity (Wildman–Crippen MR) is 72.7 cm³/mol. The van der Waals surface area contributed by atoms with Crippen LogP contribution in [0.2, 0.25) is 0 Å². The van der Waals surface area contributed by atoms with Gasteiger partial charge in [-0.2, -0.15) is 0 Å². The number of sulfonamides is 1. The molecule has 1 aromatic carbocycles. The van der Waals surface area contributed by atoms with Gasteiger partial charge in [-0.3, -0.25) is 9.71 Å². The summed E-state index contributed by atoms with van der Waals surface area (Å²) in [6.07, 6.45) is 0. The van der Waals surface area contributed by atoms with E-state index in [9.17, 15) is 13.2 Å². The fourth-order valence-electron chi connectivity index (χ4n) is 1.99. The molecule has 0 radical (unpaired) electrons. The Labute approximate surface area is 120 Å². The number of benzene rings is 1. The first-order chi connectivity index (χ1) is 9.97. The van der Waals surface area contributed by atoms with E-state index in [0.717, 1.165) is 0 Å². The number of hydrogen-bond donors (Lipinski definition) is 2. The molecule has 0 saturated carbocycles. The van der Waals surface area contributed by atoms with Gasteiger partial charge in [0.15, 0.2) is 0 Å². The number of hydrogen-bond acceptors (Lipinski definition) is 5. The maximum absolute atomic E-state index is 11.9. The fourth-order valence-corrected chi connectivity index (χ4v) is 3.24. The molecule has 108 valence electrons. The summed E-state index contributed by atoms with van der Waals surface area (Å²) in [7, 11) is -3.57. The molecule has 0 atom stereocenters. The Morgan fingerprint density at radius 2 is 2.00 bits per heavy atom. The van der Waals surface area contributed by atoms with Crippen molar-refractivity contribution in [1.29, 1.82) is 0 Å². The van der Waals surface area contributed by atoms with Gasteiger partial charge < -0.3 is 9.52 Å². The molecule has 0 fully saturated rings. The fraction of sp³-hybridized carbons (Fsp3) is 0.0769. The molecule has 7 nitrogen and oxygen atoms in total. The summed E-state index contributed by atoms with van der Waals surface area (Å²) in [5.74, 6) is -0.791. The largest absolute Gasteiger partial charge is 0.475 e. The van der Waals surface area contributed by atoms with Crippen molar-refractivity contribution < 1.29 is 22.7 Å². The van der Waals surface area contributed by atoms with E-state index < -0.39 is 16.0 Å². The number of amidine groups is 1. The molecule has 2 N–H and O–H groups in total. The molecule has 1 aliphatic heterocycles. The second-order valence-corrected chi connectivity index (χ2v) is 5.99. The number of aliphatic imine (C=N–C) groups is 1. The van der Waals surface area contributed by atoms with Crippen LogP contribution in [0, 0.1) is 0 Å². The normalized spacial score (nSPS) is 17.4. The van der Waals surface area contributed by atoms with E-state index in [1.54, 1.807) is 18.2 Å². The molecule has 2 heterocycles. The van der Waals surface area contributed by atoms with Crippen molar-refractivity contribution in [3.63, 3.8) is 0 Å². The van der Waals surface area contributed by atoms with Crippen LogP contribution in [0.5, 0.6) is 0 Å². The van der Waals surface area contributed by atoms with Gasteiger partial charge in [-0.1, -0.05) is 12.1 Å². The standard InChI is InChI=1S/C13H10N2O5S/c16-13(17)10-6-5-8(20-10)7-14-12-9-3-1-2-4-11(9)21(18,19)15-12/h1-6H,7H2,(H,14,15)(H,16,17). The van der Waals surface area contributed by atoms with E-state index in [-0.39, 0.29) is 23.0 Å². The lowest BCUT2D eigenvalue weighted by Crippen LogP contribution is -2.22. The monoisotopic (exact) mass is 306 g/mol. The first-order valence-electron chi connectivity index (χ1n) is 5.96. The minimum Gasteiger partial charge on any atom is -0.475 e. The lowest BCUT2D eigenvalue weighted by atomic mass is 10.2. The van der Waals surface area contributed by atoms with E-state index in [2.05, 4.69) is 9.71 Å². The predicted octanol–water partition coefficient (Wildman–Crippen LogP) is 1.22. The summed E-state index contributed by atoms with van der Waals surface area (Å²) in [4.78, 5) is 15.0. The lowest BCUT2D eigenvalue weighted by Gasteiger charge is -1.97. The van der Waals surface area contributed by atoms with Crippen molar-refractivity contribution in [3.05, 3.63) is 53.5 Å². The van der Waals surface area contributed by atoms with Gasteiger partial charge >= 0.3 is 5.97 Å². The number of rotatable bonds is 3. The molecule has 2 aromatic rings. The minimum atomic E-state index is -3.57. The van der Waals surface area contributed by atoms with Gasteiger partial charge in [-0.05, 0) is 24.3 Å². The van der Waals surface area contributed by atoms with Gasteiger partial charge in [-0.15, -0.1) is 0 Å². The zero-order valence-electron chi connectivity index (χ0n) is 10.6. The molecular weight excluding hydrogens is 296 g/mol. The Balaban J connectivity index is 1.89. The molecule has 0 spiro atoms. The molecule has 0 unspecified atom stereocenters. The molecule has 0 saturated heterocycles. The number of nitrogens with zero attached hydrogens (tertiary/aromatic N) is 1. The van der Waals surface area contributed by atoms with Crippen LogP contribution in [0.4, 0.5) is 0 Å². The summed E-state index contributed by atoms with van der Waals surface area (Å²) in [5.41, 5.74) is 0.488. The number of carboxylic acid groups (broad SMARTS) is 1. The Morgan fingerprint density at radius 3 is 2.71 bits per heavy atom. The van der Waals surface area contributed by atoms with Crippen LogP contribution in [0.15, 0.2) is 50.7 Å². The van der Waals surface area contributed by atoms with Gasteiger partial charge in [0.05, 0.1) is 11.4 Å². The average Bonchev–Trinajstić information content (AvgIpc) is 3.01. The Morgan fingerprint density at radius 1 is 1.24 bits per heavy atom. The highest BCUT2D eigenvalue weighted by atomic mass is 32.2. The van der Waals surface area contributed by atoms with Crippen molar-refractivity contribution >= 4 is 21.8 Å². The van der Waals surface area contributed by atoms with Gasteiger partial charge in [0, 0.05) is 5.56 Å². The number of furan rings is 1. The zero-order chi connectivity index (χ0) is 15.0. The highest BCUT2D eigenvalue weighted by molar-refractivity contribution is 7.90. The quantitative estimate of drug-likeness (QED) is 0.886. The highest BCUT2D eigenvalue weighted by Gasteiger charge is 2.30. The SMILES string of the molecule is O=C(O)c1ccc(CN=C2NS(=O)(=O)c3ccccc32)o1. The van der Waals surface area contributed by atoms with Crippen LogP contribution >= 0.6 is 0 Å². The Kier molecular flexibility index (Phi) is 3.02. The maximum Gasteiger partial charge on any atom is 0.371 e. The summed E-state index contributed by atoms with van der Waals surface area (Å²) < 4.78 is 31.2. The van der Waals surface area contributed by atoms with Crippen LogP contribution in [0.1, 0.15) is 21.9 Å². The minimum absolute atomic E-state index is 0.0411. The Bertz CT molecular complexity index is 851. The van der Waals surface area contributed by atoms with Crippen LogP contribution in [0.3, 0.4) is 0 Å². The third kappa shape index (κ3) is 2.40. The molecule has 1 aromatic heterocycles. The van der Waals surface area contributed by atoms with Gasteiger partial charge in [-0.25, -0.2) is 13.2 Å². The summed E-state index contributed by atoms with van der Waals surface area (Å²) in [5, 5.41) is 8.76. The maximum atomic E-state index is 11.9. The van der Waals surface area contributed by atoms with Gasteiger partial charge in [0.2, 0.25) is 5.76 Å². The first-order valence-corrected chi connectivity index (χ1v) is 7.44. The van der Waals surface area contributed by atoms with Gasteiger partial charge in [0.1, 0.15) is 11.6 Å². The van der Waals surface area contributed by atoms with Crippen molar-refractivity contribution in [3.8, 4) is 0 Å². The number of carbonyl (C=O) groups is 1. The zero-order valence-corrected chi connectivity index (χ0v) is 11.4. The molecule has 0 aliphatic carbocycles. The summed E-state index contributed by atoms with van der Waals surface area (Å²) in [6, 6.07) is 9.30. The molecule has 0 amide bonds. The smallest absolute Gasteiger partial charge is 0.371 e. The Hall–Kier alpha value is -2.61. The van der Waals surface area contributed by atoms with E-state index >= 15 is 0 Å². The van der Waals surface area contributed by atoms with E-state index in [1.807, 2.05) is 0 Å². The second-order valence-electron chi connectivity index (χ2n) is 4.34. The lowest BCUT2D eigenvalue weighted by molar-refractivity contribution is 0.0660. The number of aromatic carboxylic acids is 1. The number of fused-ring (bicyclic) bond motifs is 1. The van der Waals surface area contributed by atoms with Gasteiger partial charge in [0.25, 0.3) is 10.0 Å². The van der Waals surface area contributed by atoms with Crippen LogP contribution in [-0.2, 0) is 16.6 Å². The van der Waals surface area contributed by atoms with Crippen molar-refractivity contribution in [2.45, 2.75) is 11.4 Å². The van der Waals surface area contributed by atoms with Crippen LogP contribution < -0.4 is 4.72 Å². The molecular formula is C13H10N2O5S. The molecule has 8 heteroatoms. The average molecular weight is 306 g/mol. The van der Waals surface area contributed by atoms with E-state index in [0.29, 0.717) is 11.3 Å². The van der Waals surface area contributed by atoms with Crippen LogP contribution in [0.25, 0.3) is 0 Å². The van der Waals surface area contributed by atoms with Crippen molar-refractivity contribution in [2.24, 2.45) is 4.99 Å². The molecule has 21 heavy (non-hydrogen) atoms. The molecule has 0 bridgehead atoms. The van der Waals surface area contributed by atoms with Crippen molar-refractivity contribution in [1.82, 2.24) is 4.72 Å². The third-order valence-electron chi connectivity index (χ3n) is 2.93. The van der Waals surface area contributed by atoms with E-state index in [1.165, 1.54) is 18.2 Å². The van der Waals surface area contributed by atoms with Crippen molar-refractivity contribution in [2.75, 3.05) is 0 Å². The highest BCUT2D eigenvalue weighted by Crippen LogP contribution is 2.22.